The Morgan fingerprint density at radius 1 is 1.00 bits per heavy atom. The van der Waals surface area contributed by atoms with E-state index in [9.17, 15) is 0 Å². The van der Waals surface area contributed by atoms with Crippen molar-refractivity contribution in [3.63, 3.8) is 0 Å². The second-order valence-electron chi connectivity index (χ2n) is 5.84. The molecule has 0 aliphatic rings. The Labute approximate surface area is 149 Å². The summed E-state index contributed by atoms with van der Waals surface area (Å²) in [5.41, 5.74) is 3.52. The van der Waals surface area contributed by atoms with Gasteiger partial charge in [-0.3, -0.25) is 4.98 Å². The third-order valence-electron chi connectivity index (χ3n) is 4.31. The van der Waals surface area contributed by atoms with E-state index in [0.29, 0.717) is 0 Å². The summed E-state index contributed by atoms with van der Waals surface area (Å²) < 4.78 is 2.16. The number of nitrogens with one attached hydrogen (secondary N) is 1. The first kappa shape index (κ1) is 17.2. The third kappa shape index (κ3) is 4.06. The van der Waals surface area contributed by atoms with Gasteiger partial charge in [0.2, 0.25) is 0 Å². The minimum atomic E-state index is 0.786. The molecule has 3 aromatic heterocycles. The Balaban J connectivity index is 1.68. The van der Waals surface area contributed by atoms with E-state index in [2.05, 4.69) is 69.1 Å². The number of anilines is 1. The highest BCUT2D eigenvalue weighted by molar-refractivity contribution is 5.46. The average molecular weight is 335 g/mol. The van der Waals surface area contributed by atoms with Crippen molar-refractivity contribution in [1.82, 2.24) is 19.9 Å². The fourth-order valence-electron chi connectivity index (χ4n) is 3.01. The van der Waals surface area contributed by atoms with Crippen LogP contribution in [0.25, 0.3) is 5.69 Å². The predicted molar refractivity (Wildman–Crippen MR) is 102 cm³/mol. The molecule has 0 aliphatic carbocycles. The van der Waals surface area contributed by atoms with Crippen molar-refractivity contribution in [2.75, 3.05) is 18.0 Å². The van der Waals surface area contributed by atoms with Gasteiger partial charge in [0.25, 0.3) is 0 Å². The molecule has 5 heteroatoms. The monoisotopic (exact) mass is 335 g/mol. The molecule has 0 radical (unpaired) electrons. The minimum Gasteiger partial charge on any atom is -0.357 e. The highest BCUT2D eigenvalue weighted by Gasteiger charge is 2.09. The van der Waals surface area contributed by atoms with Crippen molar-refractivity contribution >= 4 is 5.82 Å². The van der Waals surface area contributed by atoms with Gasteiger partial charge in [-0.05, 0) is 44.2 Å². The highest BCUT2D eigenvalue weighted by Crippen LogP contribution is 2.17. The van der Waals surface area contributed by atoms with Crippen LogP contribution in [0.2, 0.25) is 0 Å². The van der Waals surface area contributed by atoms with E-state index in [4.69, 9.17) is 0 Å². The molecule has 5 nitrogen and oxygen atoms in total. The van der Waals surface area contributed by atoms with Crippen LogP contribution in [-0.4, -0.2) is 27.6 Å². The Kier molecular flexibility index (Phi) is 5.80. The Bertz CT molecular complexity index is 778. The van der Waals surface area contributed by atoms with Gasteiger partial charge in [0, 0.05) is 56.0 Å². The van der Waals surface area contributed by atoms with E-state index in [1.54, 1.807) is 6.20 Å². The normalized spacial score (nSPS) is 10.8. The van der Waals surface area contributed by atoms with E-state index < -0.39 is 0 Å². The van der Waals surface area contributed by atoms with Gasteiger partial charge >= 0.3 is 0 Å². The van der Waals surface area contributed by atoms with E-state index in [1.807, 2.05) is 24.5 Å². The fourth-order valence-corrected chi connectivity index (χ4v) is 3.01. The Morgan fingerprint density at radius 2 is 1.84 bits per heavy atom. The van der Waals surface area contributed by atoms with Crippen LogP contribution >= 0.6 is 0 Å². The first-order valence-electron chi connectivity index (χ1n) is 8.79. The van der Waals surface area contributed by atoms with E-state index in [0.717, 1.165) is 37.7 Å². The van der Waals surface area contributed by atoms with Crippen LogP contribution in [0.4, 0.5) is 5.82 Å². The maximum atomic E-state index is 4.57. The number of pyridine rings is 2. The largest absolute Gasteiger partial charge is 0.357 e. The lowest BCUT2D eigenvalue weighted by atomic mass is 10.2. The number of nitrogens with zero attached hydrogens (tertiary/aromatic N) is 4. The maximum Gasteiger partial charge on any atom is 0.132 e. The number of rotatable bonds is 8. The van der Waals surface area contributed by atoms with Crippen LogP contribution in [0.5, 0.6) is 0 Å². The van der Waals surface area contributed by atoms with Crippen LogP contribution in [0.3, 0.4) is 0 Å². The number of hydrogen-bond donors (Lipinski definition) is 1. The Morgan fingerprint density at radius 3 is 2.60 bits per heavy atom. The molecule has 3 rings (SSSR count). The molecule has 130 valence electrons. The summed E-state index contributed by atoms with van der Waals surface area (Å²) in [6, 6.07) is 12.4. The first-order valence-corrected chi connectivity index (χ1v) is 8.79. The molecule has 25 heavy (non-hydrogen) atoms. The maximum absolute atomic E-state index is 4.57. The van der Waals surface area contributed by atoms with Gasteiger partial charge in [-0.1, -0.05) is 6.07 Å². The van der Waals surface area contributed by atoms with Gasteiger partial charge in [-0.25, -0.2) is 4.98 Å². The lowest BCUT2D eigenvalue weighted by Crippen LogP contribution is -2.26. The molecule has 0 saturated heterocycles. The molecule has 0 atom stereocenters. The molecule has 3 heterocycles. The van der Waals surface area contributed by atoms with Gasteiger partial charge in [0.1, 0.15) is 5.82 Å². The van der Waals surface area contributed by atoms with Crippen molar-refractivity contribution in [2.24, 2.45) is 0 Å². The fraction of sp³-hybridized carbons (Fsp3) is 0.300. The van der Waals surface area contributed by atoms with Crippen LogP contribution in [0, 0.1) is 0 Å². The third-order valence-corrected chi connectivity index (χ3v) is 4.31. The van der Waals surface area contributed by atoms with Crippen molar-refractivity contribution < 1.29 is 0 Å². The lowest BCUT2D eigenvalue weighted by molar-refractivity contribution is 0.664. The van der Waals surface area contributed by atoms with Crippen LogP contribution < -0.4 is 10.2 Å². The summed E-state index contributed by atoms with van der Waals surface area (Å²) in [5.74, 6) is 1.07. The lowest BCUT2D eigenvalue weighted by Gasteiger charge is -2.22. The molecule has 0 spiro atoms. The van der Waals surface area contributed by atoms with Crippen molar-refractivity contribution in [2.45, 2.75) is 26.9 Å². The molecular weight excluding hydrogens is 310 g/mol. The van der Waals surface area contributed by atoms with E-state index >= 15 is 0 Å². The highest BCUT2D eigenvalue weighted by atomic mass is 15.2. The zero-order valence-corrected chi connectivity index (χ0v) is 14.9. The topological polar surface area (TPSA) is 46.0 Å². The molecule has 0 aliphatic heterocycles. The summed E-state index contributed by atoms with van der Waals surface area (Å²) >= 11 is 0. The van der Waals surface area contributed by atoms with Gasteiger partial charge in [-0.2, -0.15) is 0 Å². The smallest absolute Gasteiger partial charge is 0.132 e. The predicted octanol–water partition coefficient (Wildman–Crippen LogP) is 3.40. The summed E-state index contributed by atoms with van der Waals surface area (Å²) in [6.07, 6.45) is 7.61. The second kappa shape index (κ2) is 8.44. The molecule has 0 bridgehead atoms. The molecular formula is C20H25N5. The quantitative estimate of drug-likeness (QED) is 0.685. The van der Waals surface area contributed by atoms with Crippen LogP contribution in [0.15, 0.2) is 61.2 Å². The zero-order valence-electron chi connectivity index (χ0n) is 14.9. The molecule has 3 aromatic rings. The summed E-state index contributed by atoms with van der Waals surface area (Å²) in [4.78, 5) is 11.1. The molecule has 1 N–H and O–H groups in total. The standard InChI is InChI=1S/C20H25N5/c1-3-24(4-2)20-17(8-5-12-23-20)14-22-16-19-10-7-13-25(19)18-9-6-11-21-15-18/h5-13,15,22H,3-4,14,16H2,1-2H3. The van der Waals surface area contributed by atoms with E-state index in [1.165, 1.54) is 11.3 Å². The van der Waals surface area contributed by atoms with Crippen molar-refractivity contribution in [3.05, 3.63) is 72.4 Å². The van der Waals surface area contributed by atoms with Crippen LogP contribution in [-0.2, 0) is 13.1 Å². The summed E-state index contributed by atoms with van der Waals surface area (Å²) in [6.45, 7) is 7.83. The average Bonchev–Trinajstić information content (AvgIpc) is 3.13. The molecule has 0 unspecified atom stereocenters. The van der Waals surface area contributed by atoms with Gasteiger partial charge < -0.3 is 14.8 Å². The summed E-state index contributed by atoms with van der Waals surface area (Å²) in [5, 5.41) is 3.55. The van der Waals surface area contributed by atoms with Gasteiger partial charge in [-0.15, -0.1) is 0 Å². The molecule has 0 aromatic carbocycles. The SMILES string of the molecule is CCN(CC)c1ncccc1CNCc1cccn1-c1cccnc1. The minimum absolute atomic E-state index is 0.786. The zero-order chi connectivity index (χ0) is 17.5. The van der Waals surface area contributed by atoms with Gasteiger partial charge in [0.05, 0.1) is 11.9 Å². The van der Waals surface area contributed by atoms with Crippen molar-refractivity contribution in [3.8, 4) is 5.69 Å². The molecule has 0 amide bonds. The van der Waals surface area contributed by atoms with Gasteiger partial charge in [0.15, 0.2) is 0 Å². The summed E-state index contributed by atoms with van der Waals surface area (Å²) in [7, 11) is 0. The van der Waals surface area contributed by atoms with Crippen LogP contribution in [0.1, 0.15) is 25.1 Å². The van der Waals surface area contributed by atoms with Crippen molar-refractivity contribution in [1.29, 1.82) is 0 Å². The Hall–Kier alpha value is -2.66. The number of aromatic nitrogens is 3. The second-order valence-corrected chi connectivity index (χ2v) is 5.84. The molecule has 0 fully saturated rings. The number of hydrogen-bond acceptors (Lipinski definition) is 4. The molecule has 0 saturated carbocycles. The van der Waals surface area contributed by atoms with E-state index in [-0.39, 0.29) is 0 Å². The first-order chi connectivity index (χ1) is 12.3.